The maximum Gasteiger partial charge on any atom is 0.335 e. The molecule has 92 valence electrons. The highest BCUT2D eigenvalue weighted by Crippen LogP contribution is 2.27. The summed E-state index contributed by atoms with van der Waals surface area (Å²) in [7, 11) is 0. The normalized spacial score (nSPS) is 16.0. The molecule has 1 fully saturated rings. The monoisotopic (exact) mass is 234 g/mol. The number of aromatic carboxylic acids is 1. The van der Waals surface area contributed by atoms with Crippen LogP contribution in [0.25, 0.3) is 0 Å². The number of hydrogen-bond donors (Lipinski definition) is 2. The Balaban J connectivity index is 1.81. The number of nitrogens with zero attached hydrogens (tertiary/aromatic N) is 1. The number of rotatable bonds is 5. The summed E-state index contributed by atoms with van der Waals surface area (Å²) in [5, 5.41) is 12.0. The van der Waals surface area contributed by atoms with Crippen molar-refractivity contribution in [1.82, 2.24) is 4.98 Å². The number of anilines is 1. The van der Waals surface area contributed by atoms with Gasteiger partial charge in [-0.3, -0.25) is 0 Å². The second kappa shape index (κ2) is 5.66. The van der Waals surface area contributed by atoms with E-state index in [1.165, 1.54) is 37.9 Å². The van der Waals surface area contributed by atoms with Crippen LogP contribution >= 0.6 is 0 Å². The lowest BCUT2D eigenvalue weighted by Crippen LogP contribution is -2.08. The maximum absolute atomic E-state index is 10.8. The molecule has 17 heavy (non-hydrogen) atoms. The smallest absolute Gasteiger partial charge is 0.335 e. The van der Waals surface area contributed by atoms with Gasteiger partial charge in [0.15, 0.2) is 0 Å². The molecule has 0 saturated heterocycles. The van der Waals surface area contributed by atoms with Gasteiger partial charge in [-0.25, -0.2) is 9.78 Å². The Bertz CT molecular complexity index is 387. The minimum Gasteiger partial charge on any atom is -0.478 e. The molecular formula is C13H18N2O2. The Labute approximate surface area is 101 Å². The highest BCUT2D eigenvalue weighted by Gasteiger charge is 2.14. The van der Waals surface area contributed by atoms with Crippen molar-refractivity contribution >= 4 is 11.8 Å². The van der Waals surface area contributed by atoms with Gasteiger partial charge >= 0.3 is 5.97 Å². The number of carboxylic acid groups (broad SMARTS) is 1. The third kappa shape index (κ3) is 3.44. The Morgan fingerprint density at radius 1 is 1.47 bits per heavy atom. The molecule has 0 radical (unpaired) electrons. The fourth-order valence-corrected chi connectivity index (χ4v) is 2.36. The largest absolute Gasteiger partial charge is 0.478 e. The van der Waals surface area contributed by atoms with Crippen LogP contribution in [0, 0.1) is 5.92 Å². The molecule has 0 bridgehead atoms. The molecule has 1 aliphatic rings. The Morgan fingerprint density at radius 2 is 2.24 bits per heavy atom. The van der Waals surface area contributed by atoms with E-state index in [1.807, 2.05) is 0 Å². The van der Waals surface area contributed by atoms with Gasteiger partial charge in [-0.05, 0) is 24.5 Å². The fraction of sp³-hybridized carbons (Fsp3) is 0.538. The van der Waals surface area contributed by atoms with E-state index < -0.39 is 5.97 Å². The van der Waals surface area contributed by atoms with Gasteiger partial charge in [0.1, 0.15) is 5.82 Å². The Morgan fingerprint density at radius 3 is 2.94 bits per heavy atom. The Kier molecular flexibility index (Phi) is 3.96. The summed E-state index contributed by atoms with van der Waals surface area (Å²) in [5.74, 6) is 0.583. The van der Waals surface area contributed by atoms with Crippen molar-refractivity contribution in [2.24, 2.45) is 5.92 Å². The first kappa shape index (κ1) is 11.9. The molecule has 4 nitrogen and oxygen atoms in total. The molecule has 0 aromatic carbocycles. The first-order chi connectivity index (χ1) is 8.25. The van der Waals surface area contributed by atoms with Crippen molar-refractivity contribution in [1.29, 1.82) is 0 Å². The zero-order chi connectivity index (χ0) is 12.1. The number of carboxylic acids is 1. The van der Waals surface area contributed by atoms with Crippen LogP contribution in [0.5, 0.6) is 0 Å². The molecule has 0 amide bonds. The van der Waals surface area contributed by atoms with E-state index >= 15 is 0 Å². The number of carbonyl (C=O) groups is 1. The van der Waals surface area contributed by atoms with E-state index in [0.717, 1.165) is 18.9 Å². The third-order valence-corrected chi connectivity index (χ3v) is 3.34. The summed E-state index contributed by atoms with van der Waals surface area (Å²) in [6.45, 7) is 0.876. The van der Waals surface area contributed by atoms with E-state index in [4.69, 9.17) is 5.11 Å². The predicted molar refractivity (Wildman–Crippen MR) is 66.3 cm³/mol. The van der Waals surface area contributed by atoms with Gasteiger partial charge < -0.3 is 10.4 Å². The molecule has 1 aromatic rings. The van der Waals surface area contributed by atoms with Crippen molar-refractivity contribution in [2.75, 3.05) is 11.9 Å². The summed E-state index contributed by atoms with van der Waals surface area (Å²) in [6, 6.07) is 3.08. The molecule has 1 saturated carbocycles. The van der Waals surface area contributed by atoms with Crippen molar-refractivity contribution in [3.05, 3.63) is 23.9 Å². The minimum atomic E-state index is -0.911. The fourth-order valence-electron chi connectivity index (χ4n) is 2.36. The molecular weight excluding hydrogens is 216 g/mol. The van der Waals surface area contributed by atoms with Crippen LogP contribution in [0.1, 0.15) is 42.5 Å². The van der Waals surface area contributed by atoms with Gasteiger partial charge in [-0.2, -0.15) is 0 Å². The standard InChI is InChI=1S/C13H18N2O2/c16-13(17)11-6-8-15-12(9-11)14-7-5-10-3-1-2-4-10/h6,8-10H,1-5,7H2,(H,14,15)(H,16,17). The van der Waals surface area contributed by atoms with E-state index in [1.54, 1.807) is 6.07 Å². The molecule has 1 aliphatic carbocycles. The molecule has 0 unspecified atom stereocenters. The molecule has 1 aromatic heterocycles. The zero-order valence-electron chi connectivity index (χ0n) is 9.85. The first-order valence-electron chi connectivity index (χ1n) is 6.19. The number of hydrogen-bond acceptors (Lipinski definition) is 3. The predicted octanol–water partition coefficient (Wildman–Crippen LogP) is 2.77. The highest BCUT2D eigenvalue weighted by molar-refractivity contribution is 5.88. The van der Waals surface area contributed by atoms with Gasteiger partial charge in [0.2, 0.25) is 0 Å². The minimum absolute atomic E-state index is 0.281. The van der Waals surface area contributed by atoms with E-state index in [-0.39, 0.29) is 5.56 Å². The van der Waals surface area contributed by atoms with Gasteiger partial charge in [-0.15, -0.1) is 0 Å². The Hall–Kier alpha value is -1.58. The summed E-state index contributed by atoms with van der Waals surface area (Å²) in [4.78, 5) is 14.9. The number of pyridine rings is 1. The van der Waals surface area contributed by atoms with E-state index in [9.17, 15) is 4.79 Å². The molecule has 0 spiro atoms. The quantitative estimate of drug-likeness (QED) is 0.822. The van der Waals surface area contributed by atoms with Gasteiger partial charge in [0.05, 0.1) is 5.56 Å². The lowest BCUT2D eigenvalue weighted by Gasteiger charge is -2.10. The zero-order valence-corrected chi connectivity index (χ0v) is 9.85. The second-order valence-electron chi connectivity index (χ2n) is 4.60. The van der Waals surface area contributed by atoms with Crippen molar-refractivity contribution in [2.45, 2.75) is 32.1 Å². The molecule has 2 N–H and O–H groups in total. The van der Waals surface area contributed by atoms with Crippen LogP contribution in [0.15, 0.2) is 18.3 Å². The van der Waals surface area contributed by atoms with Crippen LogP contribution in [-0.4, -0.2) is 22.6 Å². The van der Waals surface area contributed by atoms with Gasteiger partial charge in [0, 0.05) is 12.7 Å². The third-order valence-electron chi connectivity index (χ3n) is 3.34. The van der Waals surface area contributed by atoms with Crippen LogP contribution in [0.2, 0.25) is 0 Å². The molecule has 1 heterocycles. The number of nitrogens with one attached hydrogen (secondary N) is 1. The van der Waals surface area contributed by atoms with E-state index in [2.05, 4.69) is 10.3 Å². The molecule has 4 heteroatoms. The first-order valence-corrected chi connectivity index (χ1v) is 6.19. The summed E-state index contributed by atoms with van der Waals surface area (Å²) in [6.07, 6.45) is 8.07. The number of aromatic nitrogens is 1. The van der Waals surface area contributed by atoms with Crippen molar-refractivity contribution in [3.8, 4) is 0 Å². The van der Waals surface area contributed by atoms with Crippen LogP contribution in [0.4, 0.5) is 5.82 Å². The van der Waals surface area contributed by atoms with Crippen LogP contribution < -0.4 is 5.32 Å². The lowest BCUT2D eigenvalue weighted by molar-refractivity contribution is 0.0697. The average molecular weight is 234 g/mol. The average Bonchev–Trinajstić information content (AvgIpc) is 2.82. The van der Waals surface area contributed by atoms with Crippen molar-refractivity contribution in [3.63, 3.8) is 0 Å². The summed E-state index contributed by atoms with van der Waals surface area (Å²) in [5.41, 5.74) is 0.281. The van der Waals surface area contributed by atoms with Crippen LogP contribution in [0.3, 0.4) is 0 Å². The SMILES string of the molecule is O=C(O)c1ccnc(NCCC2CCCC2)c1. The maximum atomic E-state index is 10.8. The molecule has 0 atom stereocenters. The summed E-state index contributed by atoms with van der Waals surface area (Å²) < 4.78 is 0. The summed E-state index contributed by atoms with van der Waals surface area (Å²) >= 11 is 0. The van der Waals surface area contributed by atoms with Crippen LogP contribution in [-0.2, 0) is 0 Å². The highest BCUT2D eigenvalue weighted by atomic mass is 16.4. The van der Waals surface area contributed by atoms with Gasteiger partial charge in [0.25, 0.3) is 0 Å². The topological polar surface area (TPSA) is 62.2 Å². The molecule has 2 rings (SSSR count). The van der Waals surface area contributed by atoms with Crippen molar-refractivity contribution < 1.29 is 9.90 Å². The lowest BCUT2D eigenvalue weighted by atomic mass is 10.0. The van der Waals surface area contributed by atoms with Gasteiger partial charge in [-0.1, -0.05) is 25.7 Å². The second-order valence-corrected chi connectivity index (χ2v) is 4.60. The van der Waals surface area contributed by atoms with E-state index in [0.29, 0.717) is 5.82 Å². The molecule has 0 aliphatic heterocycles.